The maximum Gasteiger partial charge on any atom is 0.269 e. The van der Waals surface area contributed by atoms with E-state index >= 15 is 0 Å². The van der Waals surface area contributed by atoms with Gasteiger partial charge in [0.15, 0.2) is 5.69 Å². The summed E-state index contributed by atoms with van der Waals surface area (Å²) in [7, 11) is 0. The number of hydrogen-bond acceptors (Lipinski definition) is 5. The number of carbonyl (C=O) groups excluding carboxylic acids is 3. The highest BCUT2D eigenvalue weighted by atomic mass is 35.5. The molecule has 2 aromatic carbocycles. The Morgan fingerprint density at radius 3 is 2.70 bits per heavy atom. The van der Waals surface area contributed by atoms with Crippen molar-refractivity contribution in [3.05, 3.63) is 64.3 Å². The number of fused-ring (bicyclic) bond motifs is 1. The van der Waals surface area contributed by atoms with Crippen molar-refractivity contribution in [1.29, 1.82) is 5.26 Å². The monoisotopic (exact) mass is 464 g/mol. The maximum absolute atomic E-state index is 13.1. The van der Waals surface area contributed by atoms with Crippen molar-refractivity contribution in [3.8, 4) is 6.07 Å². The van der Waals surface area contributed by atoms with E-state index in [1.807, 2.05) is 6.07 Å². The topological polar surface area (TPSA) is 134 Å². The fraction of sp³-hybridized carbons (Fsp3) is 0.261. The van der Waals surface area contributed by atoms with Crippen molar-refractivity contribution >= 4 is 40.2 Å². The number of rotatable bonds is 8. The highest BCUT2D eigenvalue weighted by Crippen LogP contribution is 2.27. The molecule has 0 atom stereocenters. The van der Waals surface area contributed by atoms with Gasteiger partial charge in [-0.15, -0.1) is 0 Å². The molecule has 0 radical (unpaired) electrons. The number of hydrogen-bond donors (Lipinski definition) is 2. The number of halogens is 1. The molecule has 0 unspecified atom stereocenters. The maximum atomic E-state index is 13.1. The molecule has 0 bridgehead atoms. The van der Waals surface area contributed by atoms with Crippen LogP contribution in [0.1, 0.15) is 34.5 Å². The summed E-state index contributed by atoms with van der Waals surface area (Å²) in [5.74, 6) is -1.26. The van der Waals surface area contributed by atoms with E-state index in [-0.39, 0.29) is 43.2 Å². The first kappa shape index (κ1) is 22.3. The molecule has 9 nitrogen and oxygen atoms in total. The van der Waals surface area contributed by atoms with Crippen LogP contribution in [0.4, 0.5) is 0 Å². The van der Waals surface area contributed by atoms with E-state index in [9.17, 15) is 14.4 Å². The minimum Gasteiger partial charge on any atom is -0.364 e. The SMILES string of the molecule is N#Cc1cc(Cl)cc(CNC(=O)CN(C(=O)Cn2nc(C(N)=O)c3ccccc32)C2CC2)c1. The van der Waals surface area contributed by atoms with Crippen LogP contribution < -0.4 is 11.1 Å². The molecule has 168 valence electrons. The number of para-hydroxylation sites is 1. The van der Waals surface area contributed by atoms with Crippen molar-refractivity contribution in [2.24, 2.45) is 5.73 Å². The average molecular weight is 465 g/mol. The van der Waals surface area contributed by atoms with Gasteiger partial charge in [-0.3, -0.25) is 19.1 Å². The van der Waals surface area contributed by atoms with E-state index in [0.29, 0.717) is 27.1 Å². The van der Waals surface area contributed by atoms with Crippen LogP contribution >= 0.6 is 11.6 Å². The normalized spacial score (nSPS) is 12.8. The summed E-state index contributed by atoms with van der Waals surface area (Å²) in [4.78, 5) is 38.9. The molecule has 3 N–H and O–H groups in total. The van der Waals surface area contributed by atoms with Crippen LogP contribution in [0.5, 0.6) is 0 Å². The lowest BCUT2D eigenvalue weighted by molar-refractivity contribution is -0.137. The van der Waals surface area contributed by atoms with Crippen molar-refractivity contribution in [2.45, 2.75) is 32.0 Å². The third-order valence-corrected chi connectivity index (χ3v) is 5.59. The first-order chi connectivity index (χ1) is 15.9. The van der Waals surface area contributed by atoms with Gasteiger partial charge in [-0.05, 0) is 42.7 Å². The fourth-order valence-corrected chi connectivity index (χ4v) is 3.94. The van der Waals surface area contributed by atoms with Gasteiger partial charge in [-0.2, -0.15) is 10.4 Å². The van der Waals surface area contributed by atoms with Gasteiger partial charge >= 0.3 is 0 Å². The van der Waals surface area contributed by atoms with E-state index < -0.39 is 5.91 Å². The van der Waals surface area contributed by atoms with Gasteiger partial charge in [0.25, 0.3) is 5.91 Å². The number of carbonyl (C=O) groups is 3. The summed E-state index contributed by atoms with van der Waals surface area (Å²) in [5, 5.41) is 17.0. The van der Waals surface area contributed by atoms with Crippen molar-refractivity contribution < 1.29 is 14.4 Å². The Morgan fingerprint density at radius 1 is 1.24 bits per heavy atom. The van der Waals surface area contributed by atoms with Crippen LogP contribution in [0.2, 0.25) is 5.02 Å². The molecule has 1 aliphatic carbocycles. The molecule has 1 aliphatic rings. The third kappa shape index (κ3) is 5.13. The van der Waals surface area contributed by atoms with Crippen LogP contribution in [0.3, 0.4) is 0 Å². The summed E-state index contributed by atoms with van der Waals surface area (Å²) >= 11 is 6.01. The molecule has 4 rings (SSSR count). The van der Waals surface area contributed by atoms with Crippen LogP contribution in [0, 0.1) is 11.3 Å². The predicted octanol–water partition coefficient (Wildman–Crippen LogP) is 1.97. The van der Waals surface area contributed by atoms with Gasteiger partial charge in [0.1, 0.15) is 6.54 Å². The molecule has 3 aromatic rings. The summed E-state index contributed by atoms with van der Waals surface area (Å²) in [5.41, 5.74) is 7.25. The number of nitrogens with zero attached hydrogens (tertiary/aromatic N) is 4. The molecule has 0 saturated heterocycles. The van der Waals surface area contributed by atoms with Crippen LogP contribution in [-0.4, -0.2) is 45.0 Å². The van der Waals surface area contributed by atoms with Crippen molar-refractivity contribution in [3.63, 3.8) is 0 Å². The van der Waals surface area contributed by atoms with E-state index in [2.05, 4.69) is 10.4 Å². The van der Waals surface area contributed by atoms with E-state index in [1.165, 1.54) is 9.58 Å². The van der Waals surface area contributed by atoms with Crippen LogP contribution in [-0.2, 0) is 22.7 Å². The van der Waals surface area contributed by atoms with Crippen molar-refractivity contribution in [1.82, 2.24) is 20.0 Å². The zero-order valence-corrected chi connectivity index (χ0v) is 18.4. The highest BCUT2D eigenvalue weighted by molar-refractivity contribution is 6.30. The fourth-order valence-electron chi connectivity index (χ4n) is 3.68. The van der Waals surface area contributed by atoms with Gasteiger partial charge in [0.2, 0.25) is 11.8 Å². The predicted molar refractivity (Wildman–Crippen MR) is 121 cm³/mol. The second-order valence-corrected chi connectivity index (χ2v) is 8.31. The number of nitriles is 1. The zero-order chi connectivity index (χ0) is 23.5. The summed E-state index contributed by atoms with van der Waals surface area (Å²) in [6, 6.07) is 13.9. The Hall–Kier alpha value is -3.90. The minimum atomic E-state index is -0.670. The largest absolute Gasteiger partial charge is 0.364 e. The molecule has 0 aliphatic heterocycles. The zero-order valence-electron chi connectivity index (χ0n) is 17.6. The molecule has 10 heteroatoms. The Labute approximate surface area is 194 Å². The Balaban J connectivity index is 1.44. The Morgan fingerprint density at radius 2 is 2.00 bits per heavy atom. The Bertz CT molecular complexity index is 1290. The highest BCUT2D eigenvalue weighted by Gasteiger charge is 2.34. The molecule has 33 heavy (non-hydrogen) atoms. The molecule has 1 aromatic heterocycles. The molecule has 1 heterocycles. The molecular formula is C23H21ClN6O3. The number of amides is 3. The number of benzene rings is 2. The lowest BCUT2D eigenvalue weighted by Gasteiger charge is -2.22. The summed E-state index contributed by atoms with van der Waals surface area (Å²) in [6.07, 6.45) is 1.65. The van der Waals surface area contributed by atoms with Crippen molar-refractivity contribution in [2.75, 3.05) is 6.54 Å². The van der Waals surface area contributed by atoms with E-state index in [1.54, 1.807) is 42.5 Å². The molecule has 1 saturated carbocycles. The van der Waals surface area contributed by atoms with Gasteiger partial charge in [-0.1, -0.05) is 29.8 Å². The second-order valence-electron chi connectivity index (χ2n) is 7.88. The lowest BCUT2D eigenvalue weighted by atomic mass is 10.1. The van der Waals surface area contributed by atoms with E-state index in [4.69, 9.17) is 22.6 Å². The second kappa shape index (κ2) is 9.30. The quantitative estimate of drug-likeness (QED) is 0.525. The minimum absolute atomic E-state index is 0.00273. The molecular weight excluding hydrogens is 444 g/mol. The number of aromatic nitrogens is 2. The standard InChI is InChI=1S/C23H21ClN6O3/c24-16-8-14(10-25)7-15(9-16)11-27-20(31)12-29(17-5-6-17)21(32)13-30-19-4-2-1-3-18(19)22(28-30)23(26)33/h1-4,7-9,17H,5-6,11-13H2,(H2,26,33)(H,27,31). The Kier molecular flexibility index (Phi) is 6.29. The average Bonchev–Trinajstić information content (AvgIpc) is 3.57. The lowest BCUT2D eigenvalue weighted by Crippen LogP contribution is -2.43. The smallest absolute Gasteiger partial charge is 0.269 e. The van der Waals surface area contributed by atoms with Gasteiger partial charge < -0.3 is 16.0 Å². The summed E-state index contributed by atoms with van der Waals surface area (Å²) in [6.45, 7) is -0.0268. The van der Waals surface area contributed by atoms with E-state index in [0.717, 1.165) is 12.8 Å². The number of nitrogens with two attached hydrogens (primary N) is 1. The molecule has 0 spiro atoms. The first-order valence-electron chi connectivity index (χ1n) is 10.4. The van der Waals surface area contributed by atoms with Gasteiger partial charge in [-0.25, -0.2) is 0 Å². The third-order valence-electron chi connectivity index (χ3n) is 5.37. The summed E-state index contributed by atoms with van der Waals surface area (Å²) < 4.78 is 1.44. The molecule has 1 fully saturated rings. The number of primary amides is 1. The van der Waals surface area contributed by atoms with Crippen LogP contribution in [0.25, 0.3) is 10.9 Å². The van der Waals surface area contributed by atoms with Crippen LogP contribution in [0.15, 0.2) is 42.5 Å². The first-order valence-corrected chi connectivity index (χ1v) is 10.7. The van der Waals surface area contributed by atoms with Gasteiger partial charge in [0, 0.05) is 23.0 Å². The number of nitrogens with one attached hydrogen (secondary N) is 1. The molecule has 3 amide bonds. The van der Waals surface area contributed by atoms with Gasteiger partial charge in [0.05, 0.1) is 23.7 Å².